The number of nitrogens with zero attached hydrogens (tertiary/aromatic N) is 2. The Labute approximate surface area is 163 Å². The smallest absolute Gasteiger partial charge is 0.416 e. The van der Waals surface area contributed by atoms with E-state index in [1.807, 2.05) is 0 Å². The third-order valence-corrected chi connectivity index (χ3v) is 6.06. The van der Waals surface area contributed by atoms with Gasteiger partial charge in [0, 0.05) is 11.3 Å². The van der Waals surface area contributed by atoms with Gasteiger partial charge in [-0.25, -0.2) is 17.5 Å². The van der Waals surface area contributed by atoms with Crippen molar-refractivity contribution in [2.45, 2.75) is 49.3 Å². The quantitative estimate of drug-likeness (QED) is 0.680. The summed E-state index contributed by atoms with van der Waals surface area (Å²) in [5.41, 5.74) is -0.207. The SMILES string of the molecule is O=C(O)CCn1ncc2c1CCC[C@H]2NS(=O)(=O)c1cc(F)cc(C(F)(F)F)c1. The first-order valence-electron chi connectivity index (χ1n) is 8.64. The molecular weight excluding hydrogens is 418 g/mol. The number of benzene rings is 1. The average Bonchev–Trinajstić information content (AvgIpc) is 3.02. The van der Waals surface area contributed by atoms with Crippen molar-refractivity contribution in [3.63, 3.8) is 0 Å². The first kappa shape index (κ1) is 21.2. The van der Waals surface area contributed by atoms with Crippen LogP contribution in [0.4, 0.5) is 17.6 Å². The molecule has 1 heterocycles. The van der Waals surface area contributed by atoms with Crippen molar-refractivity contribution in [2.75, 3.05) is 0 Å². The van der Waals surface area contributed by atoms with E-state index >= 15 is 0 Å². The summed E-state index contributed by atoms with van der Waals surface area (Å²) in [6, 6.07) is 0.368. The summed E-state index contributed by atoms with van der Waals surface area (Å²) in [6.07, 6.45) is -2.14. The molecule has 0 spiro atoms. The Morgan fingerprint density at radius 2 is 2.03 bits per heavy atom. The zero-order valence-electron chi connectivity index (χ0n) is 14.9. The van der Waals surface area contributed by atoms with Gasteiger partial charge in [0.15, 0.2) is 0 Å². The van der Waals surface area contributed by atoms with Crippen molar-refractivity contribution in [1.82, 2.24) is 14.5 Å². The lowest BCUT2D eigenvalue weighted by Gasteiger charge is -2.24. The van der Waals surface area contributed by atoms with Crippen LogP contribution in [0.25, 0.3) is 0 Å². The van der Waals surface area contributed by atoms with Gasteiger partial charge in [-0.15, -0.1) is 0 Å². The lowest BCUT2D eigenvalue weighted by molar-refractivity contribution is -0.138. The van der Waals surface area contributed by atoms with Gasteiger partial charge in [-0.05, 0) is 37.5 Å². The van der Waals surface area contributed by atoms with Gasteiger partial charge in [-0.1, -0.05) is 0 Å². The van der Waals surface area contributed by atoms with Crippen molar-refractivity contribution in [3.05, 3.63) is 47.0 Å². The largest absolute Gasteiger partial charge is 0.481 e. The van der Waals surface area contributed by atoms with Crippen LogP contribution in [0.15, 0.2) is 29.3 Å². The van der Waals surface area contributed by atoms with E-state index in [9.17, 15) is 30.8 Å². The third kappa shape index (κ3) is 4.75. The van der Waals surface area contributed by atoms with Gasteiger partial charge in [0.2, 0.25) is 10.0 Å². The summed E-state index contributed by atoms with van der Waals surface area (Å²) < 4.78 is 81.3. The molecule has 3 rings (SSSR count). The van der Waals surface area contributed by atoms with Crippen LogP contribution >= 0.6 is 0 Å². The predicted molar refractivity (Wildman–Crippen MR) is 91.9 cm³/mol. The maximum Gasteiger partial charge on any atom is 0.416 e. The molecule has 0 bridgehead atoms. The number of carbonyl (C=O) groups is 1. The van der Waals surface area contributed by atoms with Crippen LogP contribution in [-0.2, 0) is 34.0 Å². The molecule has 2 N–H and O–H groups in total. The number of alkyl halides is 3. The predicted octanol–water partition coefficient (Wildman–Crippen LogP) is 2.87. The van der Waals surface area contributed by atoms with E-state index < -0.39 is 44.5 Å². The van der Waals surface area contributed by atoms with Crippen LogP contribution in [0.2, 0.25) is 0 Å². The topological polar surface area (TPSA) is 101 Å². The molecule has 1 aromatic heterocycles. The minimum Gasteiger partial charge on any atom is -0.481 e. The zero-order chi connectivity index (χ0) is 21.4. The summed E-state index contributed by atoms with van der Waals surface area (Å²) >= 11 is 0. The van der Waals surface area contributed by atoms with Crippen LogP contribution in [0.3, 0.4) is 0 Å². The molecule has 7 nitrogen and oxygen atoms in total. The second-order valence-corrected chi connectivity index (χ2v) is 8.37. The van der Waals surface area contributed by atoms with Gasteiger partial charge in [0.05, 0.1) is 35.7 Å². The Kier molecular flexibility index (Phi) is 5.68. The highest BCUT2D eigenvalue weighted by molar-refractivity contribution is 7.89. The van der Waals surface area contributed by atoms with Crippen molar-refractivity contribution < 1.29 is 35.9 Å². The average molecular weight is 435 g/mol. The van der Waals surface area contributed by atoms with E-state index in [-0.39, 0.29) is 19.0 Å². The molecule has 0 aliphatic heterocycles. The lowest BCUT2D eigenvalue weighted by Crippen LogP contribution is -2.31. The molecule has 1 atom stereocenters. The molecule has 0 amide bonds. The number of carboxylic acids is 1. The van der Waals surface area contributed by atoms with E-state index in [1.165, 1.54) is 10.9 Å². The number of rotatable bonds is 6. The minimum atomic E-state index is -4.89. The fraction of sp³-hybridized carbons (Fsp3) is 0.412. The summed E-state index contributed by atoms with van der Waals surface area (Å²) in [5.74, 6) is -2.32. The molecule has 0 radical (unpaired) electrons. The number of aryl methyl sites for hydroxylation is 1. The van der Waals surface area contributed by atoms with E-state index in [4.69, 9.17) is 5.11 Å². The van der Waals surface area contributed by atoms with Crippen LogP contribution in [0.1, 0.15) is 42.1 Å². The maximum absolute atomic E-state index is 13.6. The molecule has 0 saturated carbocycles. The number of aromatic nitrogens is 2. The number of sulfonamides is 1. The minimum absolute atomic E-state index is 0.114. The van der Waals surface area contributed by atoms with Gasteiger partial charge >= 0.3 is 12.1 Å². The number of fused-ring (bicyclic) bond motifs is 1. The zero-order valence-corrected chi connectivity index (χ0v) is 15.7. The standard InChI is InChI=1S/C17H17F4N3O4S/c18-11-6-10(17(19,20)21)7-12(8-11)29(27,28)23-14-2-1-3-15-13(14)9-22-24(15)5-4-16(25)26/h6-9,14,23H,1-5H2,(H,25,26)/t14-/m1/s1. The fourth-order valence-electron chi connectivity index (χ4n) is 3.27. The van der Waals surface area contributed by atoms with Gasteiger partial charge in [-0.2, -0.15) is 18.3 Å². The molecule has 158 valence electrons. The first-order chi connectivity index (χ1) is 13.5. The fourth-order valence-corrected chi connectivity index (χ4v) is 4.58. The van der Waals surface area contributed by atoms with Crippen LogP contribution < -0.4 is 4.72 Å². The Bertz CT molecular complexity index is 1030. The monoisotopic (exact) mass is 435 g/mol. The molecular formula is C17H17F4N3O4S. The number of aliphatic carboxylic acids is 1. The van der Waals surface area contributed by atoms with Gasteiger partial charge < -0.3 is 5.11 Å². The Balaban J connectivity index is 1.88. The lowest BCUT2D eigenvalue weighted by atomic mass is 9.94. The molecule has 1 aliphatic rings. The summed E-state index contributed by atoms with van der Waals surface area (Å²) in [4.78, 5) is 9.93. The van der Waals surface area contributed by atoms with E-state index in [1.54, 1.807) is 0 Å². The van der Waals surface area contributed by atoms with Crippen molar-refractivity contribution in [1.29, 1.82) is 0 Å². The Morgan fingerprint density at radius 3 is 2.69 bits per heavy atom. The molecule has 0 unspecified atom stereocenters. The van der Waals surface area contributed by atoms with E-state index in [0.29, 0.717) is 42.7 Å². The summed E-state index contributed by atoms with van der Waals surface area (Å²) in [7, 11) is -4.45. The number of hydrogen-bond acceptors (Lipinski definition) is 4. The van der Waals surface area contributed by atoms with E-state index in [2.05, 4.69) is 9.82 Å². The first-order valence-corrected chi connectivity index (χ1v) is 10.1. The molecule has 2 aromatic rings. The molecule has 29 heavy (non-hydrogen) atoms. The third-order valence-electron chi connectivity index (χ3n) is 4.61. The highest BCUT2D eigenvalue weighted by Crippen LogP contribution is 2.34. The number of halogens is 4. The Hall–Kier alpha value is -2.47. The van der Waals surface area contributed by atoms with Crippen molar-refractivity contribution in [3.8, 4) is 0 Å². The van der Waals surface area contributed by atoms with E-state index in [0.717, 1.165) is 0 Å². The molecule has 0 fully saturated rings. The van der Waals surface area contributed by atoms with Crippen LogP contribution in [0.5, 0.6) is 0 Å². The Morgan fingerprint density at radius 1 is 1.31 bits per heavy atom. The maximum atomic E-state index is 13.6. The highest BCUT2D eigenvalue weighted by atomic mass is 32.2. The van der Waals surface area contributed by atoms with Crippen LogP contribution in [-0.4, -0.2) is 29.3 Å². The molecule has 1 aliphatic carbocycles. The number of carboxylic acid groups (broad SMARTS) is 1. The summed E-state index contributed by atoms with van der Waals surface area (Å²) in [5, 5.41) is 12.9. The second-order valence-electron chi connectivity index (χ2n) is 6.65. The van der Waals surface area contributed by atoms with Gasteiger partial charge in [0.1, 0.15) is 5.82 Å². The van der Waals surface area contributed by atoms with Crippen molar-refractivity contribution >= 4 is 16.0 Å². The number of nitrogens with one attached hydrogen (secondary N) is 1. The molecule has 0 saturated heterocycles. The van der Waals surface area contributed by atoms with Crippen LogP contribution in [0, 0.1) is 5.82 Å². The number of hydrogen-bond donors (Lipinski definition) is 2. The van der Waals surface area contributed by atoms with Gasteiger partial charge in [-0.3, -0.25) is 9.48 Å². The molecule has 12 heteroatoms. The summed E-state index contributed by atoms with van der Waals surface area (Å²) in [6.45, 7) is 0.114. The van der Waals surface area contributed by atoms with Crippen molar-refractivity contribution in [2.24, 2.45) is 0 Å². The normalized spacial score (nSPS) is 17.2. The van der Waals surface area contributed by atoms with Gasteiger partial charge in [0.25, 0.3) is 0 Å². The highest BCUT2D eigenvalue weighted by Gasteiger charge is 2.34. The molecule has 1 aromatic carbocycles. The second kappa shape index (κ2) is 7.75.